The molecular formula is C15H29NO2. The van der Waals surface area contributed by atoms with Crippen molar-refractivity contribution in [3.63, 3.8) is 0 Å². The Morgan fingerprint density at radius 3 is 2.89 bits per heavy atom. The van der Waals surface area contributed by atoms with Gasteiger partial charge in [-0.1, -0.05) is 27.2 Å². The molecule has 2 saturated heterocycles. The van der Waals surface area contributed by atoms with Gasteiger partial charge in [-0.25, -0.2) is 0 Å². The lowest BCUT2D eigenvalue weighted by molar-refractivity contribution is -0.104. The zero-order chi connectivity index (χ0) is 13.2. The van der Waals surface area contributed by atoms with Crippen molar-refractivity contribution in [1.29, 1.82) is 0 Å². The number of aliphatic hydroxyl groups excluding tert-OH is 1. The quantitative estimate of drug-likeness (QED) is 0.837. The van der Waals surface area contributed by atoms with Crippen molar-refractivity contribution in [2.75, 3.05) is 19.7 Å². The van der Waals surface area contributed by atoms with E-state index in [2.05, 4.69) is 25.7 Å². The summed E-state index contributed by atoms with van der Waals surface area (Å²) in [6, 6.07) is 0.628. The summed E-state index contributed by atoms with van der Waals surface area (Å²) in [5.41, 5.74) is 0.368. The van der Waals surface area contributed by atoms with Crippen molar-refractivity contribution in [2.24, 2.45) is 5.41 Å². The topological polar surface area (TPSA) is 32.7 Å². The van der Waals surface area contributed by atoms with Crippen molar-refractivity contribution in [3.8, 4) is 0 Å². The van der Waals surface area contributed by atoms with E-state index in [-0.39, 0.29) is 12.2 Å². The maximum absolute atomic E-state index is 10.2. The molecule has 2 heterocycles. The maximum Gasteiger partial charge on any atom is 0.0961 e. The molecule has 0 bridgehead atoms. The summed E-state index contributed by atoms with van der Waals surface area (Å²) in [7, 11) is 0. The summed E-state index contributed by atoms with van der Waals surface area (Å²) in [5.74, 6) is 0. The average molecular weight is 255 g/mol. The second-order valence-electron chi connectivity index (χ2n) is 7.18. The highest BCUT2D eigenvalue weighted by atomic mass is 16.5. The molecule has 2 fully saturated rings. The molecule has 2 aliphatic rings. The third-order valence-corrected chi connectivity index (χ3v) is 4.27. The largest absolute Gasteiger partial charge is 0.390 e. The molecule has 0 amide bonds. The highest BCUT2D eigenvalue weighted by Crippen LogP contribution is 2.26. The smallest absolute Gasteiger partial charge is 0.0961 e. The van der Waals surface area contributed by atoms with E-state index < -0.39 is 0 Å². The predicted octanol–water partition coefficient (Wildman–Crippen LogP) is 2.43. The van der Waals surface area contributed by atoms with Crippen molar-refractivity contribution < 1.29 is 9.84 Å². The molecule has 3 atom stereocenters. The molecule has 0 aromatic heterocycles. The van der Waals surface area contributed by atoms with Gasteiger partial charge in [0.1, 0.15) is 0 Å². The van der Waals surface area contributed by atoms with E-state index in [1.165, 1.54) is 25.8 Å². The normalized spacial score (nSPS) is 31.3. The van der Waals surface area contributed by atoms with Crippen LogP contribution in [0.3, 0.4) is 0 Å². The number of hydrogen-bond acceptors (Lipinski definition) is 3. The Kier molecular flexibility index (Phi) is 4.68. The number of aliphatic hydroxyl groups is 1. The molecule has 3 nitrogen and oxygen atoms in total. The molecule has 0 spiro atoms. The molecular weight excluding hydrogens is 226 g/mol. The average Bonchev–Trinajstić information content (AvgIpc) is 2.73. The molecule has 0 aromatic carbocycles. The van der Waals surface area contributed by atoms with Crippen molar-refractivity contribution in [3.05, 3.63) is 0 Å². The zero-order valence-electron chi connectivity index (χ0n) is 12.2. The molecule has 0 aromatic rings. The summed E-state index contributed by atoms with van der Waals surface area (Å²) in [5, 5.41) is 10.2. The number of ether oxygens (including phenoxy) is 1. The van der Waals surface area contributed by atoms with Gasteiger partial charge in [-0.05, 0) is 37.6 Å². The van der Waals surface area contributed by atoms with Gasteiger partial charge in [-0.3, -0.25) is 4.90 Å². The minimum Gasteiger partial charge on any atom is -0.390 e. The number of hydrogen-bond donors (Lipinski definition) is 1. The van der Waals surface area contributed by atoms with Crippen molar-refractivity contribution in [2.45, 2.75) is 71.1 Å². The van der Waals surface area contributed by atoms with Crippen LogP contribution in [0.1, 0.15) is 52.9 Å². The van der Waals surface area contributed by atoms with Crippen LogP contribution in [-0.2, 0) is 4.74 Å². The SMILES string of the molecule is CC(C)(C)CCCC(O)C1CN2CCCC2CO1. The van der Waals surface area contributed by atoms with Crippen LogP contribution in [-0.4, -0.2) is 48.0 Å². The minimum absolute atomic E-state index is 0.0410. The van der Waals surface area contributed by atoms with Crippen molar-refractivity contribution >= 4 is 0 Å². The van der Waals surface area contributed by atoms with E-state index in [0.717, 1.165) is 26.0 Å². The van der Waals surface area contributed by atoms with E-state index in [1.807, 2.05) is 0 Å². The lowest BCUT2D eigenvalue weighted by Gasteiger charge is -2.37. The molecule has 1 N–H and O–H groups in total. The fourth-order valence-electron chi connectivity index (χ4n) is 3.10. The Balaban J connectivity index is 1.71. The first-order valence-corrected chi connectivity index (χ1v) is 7.49. The first-order valence-electron chi connectivity index (χ1n) is 7.49. The molecule has 0 saturated carbocycles. The monoisotopic (exact) mass is 255 g/mol. The number of nitrogens with zero attached hydrogens (tertiary/aromatic N) is 1. The Hall–Kier alpha value is -0.120. The molecule has 2 rings (SSSR count). The fraction of sp³-hybridized carbons (Fsp3) is 1.00. The Labute approximate surface area is 112 Å². The lowest BCUT2D eigenvalue weighted by Crippen LogP contribution is -2.50. The number of morpholine rings is 1. The summed E-state index contributed by atoms with van der Waals surface area (Å²) in [6.45, 7) is 9.71. The second kappa shape index (κ2) is 5.89. The molecule has 0 aliphatic carbocycles. The van der Waals surface area contributed by atoms with Gasteiger partial charge in [-0.15, -0.1) is 0 Å². The highest BCUT2D eigenvalue weighted by molar-refractivity contribution is 4.87. The predicted molar refractivity (Wildman–Crippen MR) is 73.6 cm³/mol. The lowest BCUT2D eigenvalue weighted by atomic mass is 9.88. The second-order valence-corrected chi connectivity index (χ2v) is 7.18. The third-order valence-electron chi connectivity index (χ3n) is 4.27. The Morgan fingerprint density at radius 1 is 1.39 bits per heavy atom. The molecule has 106 valence electrons. The summed E-state index contributed by atoms with van der Waals surface area (Å²) in [6.07, 6.45) is 5.46. The van der Waals surface area contributed by atoms with Crippen LogP contribution in [0.25, 0.3) is 0 Å². The van der Waals surface area contributed by atoms with Crippen LogP contribution in [0, 0.1) is 5.41 Å². The number of fused-ring (bicyclic) bond motifs is 1. The highest BCUT2D eigenvalue weighted by Gasteiger charge is 2.34. The maximum atomic E-state index is 10.2. The minimum atomic E-state index is -0.283. The Bertz CT molecular complexity index is 262. The van der Waals surface area contributed by atoms with Gasteiger partial charge in [0, 0.05) is 12.6 Å². The van der Waals surface area contributed by atoms with Crippen LogP contribution in [0.5, 0.6) is 0 Å². The summed E-state index contributed by atoms with van der Waals surface area (Å²) >= 11 is 0. The van der Waals surface area contributed by atoms with Crippen LogP contribution in [0.15, 0.2) is 0 Å². The molecule has 18 heavy (non-hydrogen) atoms. The van der Waals surface area contributed by atoms with Gasteiger partial charge >= 0.3 is 0 Å². The van der Waals surface area contributed by atoms with E-state index in [9.17, 15) is 5.11 Å². The summed E-state index contributed by atoms with van der Waals surface area (Å²) in [4.78, 5) is 2.50. The summed E-state index contributed by atoms with van der Waals surface area (Å²) < 4.78 is 5.84. The standard InChI is InChI=1S/C15H29NO2/c1-15(2,3)8-4-7-13(17)14-10-16-9-5-6-12(16)11-18-14/h12-14,17H,4-11H2,1-3H3. The van der Waals surface area contributed by atoms with E-state index >= 15 is 0 Å². The molecule has 2 aliphatic heterocycles. The zero-order valence-corrected chi connectivity index (χ0v) is 12.2. The van der Waals surface area contributed by atoms with Crippen LogP contribution < -0.4 is 0 Å². The van der Waals surface area contributed by atoms with Gasteiger partial charge in [0.25, 0.3) is 0 Å². The van der Waals surface area contributed by atoms with E-state index in [0.29, 0.717) is 11.5 Å². The van der Waals surface area contributed by atoms with Crippen LogP contribution in [0.2, 0.25) is 0 Å². The Morgan fingerprint density at radius 2 is 2.17 bits per heavy atom. The first-order chi connectivity index (χ1) is 8.46. The van der Waals surface area contributed by atoms with Gasteiger partial charge < -0.3 is 9.84 Å². The number of rotatable bonds is 4. The first kappa shape index (κ1) is 14.3. The van der Waals surface area contributed by atoms with E-state index in [1.54, 1.807) is 0 Å². The molecule has 3 unspecified atom stereocenters. The van der Waals surface area contributed by atoms with Gasteiger partial charge in [0.2, 0.25) is 0 Å². The van der Waals surface area contributed by atoms with E-state index in [4.69, 9.17) is 4.74 Å². The van der Waals surface area contributed by atoms with Crippen LogP contribution >= 0.6 is 0 Å². The molecule has 3 heteroatoms. The van der Waals surface area contributed by atoms with Crippen molar-refractivity contribution in [1.82, 2.24) is 4.90 Å². The third kappa shape index (κ3) is 3.94. The van der Waals surface area contributed by atoms with Crippen LogP contribution in [0.4, 0.5) is 0 Å². The fourth-order valence-corrected chi connectivity index (χ4v) is 3.10. The van der Waals surface area contributed by atoms with Gasteiger partial charge in [0.05, 0.1) is 18.8 Å². The van der Waals surface area contributed by atoms with Gasteiger partial charge in [0.15, 0.2) is 0 Å². The molecule has 0 radical (unpaired) electrons. The van der Waals surface area contributed by atoms with Gasteiger partial charge in [-0.2, -0.15) is 0 Å².